The maximum atomic E-state index is 9.27. The molecule has 19 heavy (non-hydrogen) atoms. The number of pyridine rings is 1. The average Bonchev–Trinajstić information content (AvgIpc) is 2.46. The van der Waals surface area contributed by atoms with Gasteiger partial charge in [0.2, 0.25) is 0 Å². The second kappa shape index (κ2) is 7.61. The van der Waals surface area contributed by atoms with E-state index in [1.54, 1.807) is 0 Å². The number of aliphatic hydroxyl groups is 1. The Balaban J connectivity index is 1.91. The molecule has 1 aliphatic rings. The van der Waals surface area contributed by atoms with Crippen molar-refractivity contribution in [3.05, 3.63) is 29.6 Å². The molecule has 0 aromatic carbocycles. The van der Waals surface area contributed by atoms with Crippen LogP contribution in [0.5, 0.6) is 0 Å². The van der Waals surface area contributed by atoms with Crippen LogP contribution in [0, 0.1) is 12.8 Å². The highest BCUT2D eigenvalue weighted by molar-refractivity contribution is 5.17. The molecule has 3 heteroatoms. The van der Waals surface area contributed by atoms with Gasteiger partial charge in [0.25, 0.3) is 0 Å². The van der Waals surface area contributed by atoms with Crippen molar-refractivity contribution in [1.29, 1.82) is 0 Å². The molecule has 3 nitrogen and oxygen atoms in total. The van der Waals surface area contributed by atoms with Crippen LogP contribution < -0.4 is 5.32 Å². The lowest BCUT2D eigenvalue weighted by Crippen LogP contribution is -2.37. The molecular formula is C16H26N2O. The van der Waals surface area contributed by atoms with E-state index in [4.69, 9.17) is 0 Å². The Morgan fingerprint density at radius 2 is 2.16 bits per heavy atom. The van der Waals surface area contributed by atoms with Gasteiger partial charge in [-0.05, 0) is 43.7 Å². The molecule has 1 saturated carbocycles. The molecule has 2 rings (SSSR count). The highest BCUT2D eigenvalue weighted by Crippen LogP contribution is 2.27. The minimum atomic E-state index is 0.278. The van der Waals surface area contributed by atoms with Gasteiger partial charge in [0.1, 0.15) is 0 Å². The van der Waals surface area contributed by atoms with E-state index in [2.05, 4.69) is 23.3 Å². The van der Waals surface area contributed by atoms with Crippen LogP contribution in [-0.2, 0) is 6.54 Å². The molecular weight excluding hydrogens is 236 g/mol. The summed E-state index contributed by atoms with van der Waals surface area (Å²) in [7, 11) is 0. The fourth-order valence-corrected chi connectivity index (χ4v) is 3.13. The highest BCUT2D eigenvalue weighted by atomic mass is 16.3. The predicted octanol–water partition coefficient (Wildman–Crippen LogP) is 2.81. The third-order valence-electron chi connectivity index (χ3n) is 4.33. The van der Waals surface area contributed by atoms with Crippen LogP contribution in [0.25, 0.3) is 0 Å². The van der Waals surface area contributed by atoms with Gasteiger partial charge in [-0.2, -0.15) is 0 Å². The lowest BCUT2D eigenvalue weighted by atomic mass is 9.82. The van der Waals surface area contributed by atoms with Crippen LogP contribution in [-0.4, -0.2) is 22.7 Å². The summed E-state index contributed by atoms with van der Waals surface area (Å²) in [5.41, 5.74) is 2.36. The first kappa shape index (κ1) is 14.5. The zero-order chi connectivity index (χ0) is 13.5. The second-order valence-corrected chi connectivity index (χ2v) is 5.65. The first-order chi connectivity index (χ1) is 9.31. The van der Waals surface area contributed by atoms with Crippen LogP contribution in [0.4, 0.5) is 0 Å². The Morgan fingerprint density at radius 3 is 2.84 bits per heavy atom. The first-order valence-corrected chi connectivity index (χ1v) is 7.56. The van der Waals surface area contributed by atoms with Crippen LogP contribution in [0.2, 0.25) is 0 Å². The number of rotatable bonds is 6. The lowest BCUT2D eigenvalue weighted by molar-refractivity contribution is 0.205. The minimum Gasteiger partial charge on any atom is -0.396 e. The number of aromatic nitrogens is 1. The summed E-state index contributed by atoms with van der Waals surface area (Å²) in [6.07, 6.45) is 9.40. The summed E-state index contributed by atoms with van der Waals surface area (Å²) in [6.45, 7) is 3.19. The van der Waals surface area contributed by atoms with Gasteiger partial charge >= 0.3 is 0 Å². The quantitative estimate of drug-likeness (QED) is 0.828. The molecule has 0 bridgehead atoms. The highest BCUT2D eigenvalue weighted by Gasteiger charge is 2.22. The third kappa shape index (κ3) is 4.29. The van der Waals surface area contributed by atoms with Gasteiger partial charge in [-0.15, -0.1) is 0 Å². The number of aryl methyl sites for hydroxylation is 1. The summed E-state index contributed by atoms with van der Waals surface area (Å²) >= 11 is 0. The van der Waals surface area contributed by atoms with E-state index in [1.807, 2.05) is 12.3 Å². The van der Waals surface area contributed by atoms with Gasteiger partial charge in [0.15, 0.2) is 0 Å². The van der Waals surface area contributed by atoms with Crippen molar-refractivity contribution in [2.24, 2.45) is 5.92 Å². The number of nitrogens with one attached hydrogen (secondary N) is 1. The molecule has 1 atom stereocenters. The molecule has 106 valence electrons. The Labute approximate surface area is 116 Å². The fourth-order valence-electron chi connectivity index (χ4n) is 3.13. The second-order valence-electron chi connectivity index (χ2n) is 5.65. The van der Waals surface area contributed by atoms with E-state index >= 15 is 0 Å². The summed E-state index contributed by atoms with van der Waals surface area (Å²) in [6, 6.07) is 4.57. The fraction of sp³-hybridized carbons (Fsp3) is 0.688. The van der Waals surface area contributed by atoms with Gasteiger partial charge in [0, 0.05) is 31.1 Å². The van der Waals surface area contributed by atoms with E-state index in [0.717, 1.165) is 24.6 Å². The maximum Gasteiger partial charge on any atom is 0.0445 e. The Bertz CT molecular complexity index is 375. The molecule has 1 aromatic rings. The Morgan fingerprint density at radius 1 is 1.37 bits per heavy atom. The molecule has 1 heterocycles. The van der Waals surface area contributed by atoms with Gasteiger partial charge in [-0.3, -0.25) is 4.98 Å². The summed E-state index contributed by atoms with van der Waals surface area (Å²) in [5, 5.41) is 12.9. The van der Waals surface area contributed by atoms with Crippen molar-refractivity contribution in [2.45, 2.75) is 58.0 Å². The molecule has 0 spiro atoms. The van der Waals surface area contributed by atoms with Crippen molar-refractivity contribution < 1.29 is 5.11 Å². The standard InChI is InChI=1S/C16H26N2O/c1-13-15(8-5-10-17-13)12-18-16(9-11-19)14-6-3-2-4-7-14/h5,8,10,14,16,18-19H,2-4,6-7,9,11-12H2,1H3/t16-/m1/s1. The number of hydrogen-bond donors (Lipinski definition) is 2. The summed E-state index contributed by atoms with van der Waals surface area (Å²) in [4.78, 5) is 4.33. The normalized spacial score (nSPS) is 18.4. The van der Waals surface area contributed by atoms with Gasteiger partial charge in [0.05, 0.1) is 0 Å². The van der Waals surface area contributed by atoms with Crippen molar-refractivity contribution in [3.8, 4) is 0 Å². The monoisotopic (exact) mass is 262 g/mol. The molecule has 1 fully saturated rings. The molecule has 0 saturated heterocycles. The average molecular weight is 262 g/mol. The third-order valence-corrected chi connectivity index (χ3v) is 4.33. The molecule has 1 aromatic heterocycles. The van der Waals surface area contributed by atoms with E-state index in [-0.39, 0.29) is 6.61 Å². The SMILES string of the molecule is Cc1ncccc1CN[C@H](CCO)C1CCCCC1. The Kier molecular flexibility index (Phi) is 5.80. The molecule has 0 radical (unpaired) electrons. The molecule has 0 amide bonds. The first-order valence-electron chi connectivity index (χ1n) is 7.56. The van der Waals surface area contributed by atoms with E-state index in [0.29, 0.717) is 6.04 Å². The van der Waals surface area contributed by atoms with Crippen LogP contribution in [0.1, 0.15) is 49.8 Å². The van der Waals surface area contributed by atoms with E-state index in [1.165, 1.54) is 37.7 Å². The molecule has 0 unspecified atom stereocenters. The smallest absolute Gasteiger partial charge is 0.0445 e. The lowest BCUT2D eigenvalue weighted by Gasteiger charge is -2.31. The number of hydrogen-bond acceptors (Lipinski definition) is 3. The van der Waals surface area contributed by atoms with E-state index < -0.39 is 0 Å². The molecule has 1 aliphatic carbocycles. The van der Waals surface area contributed by atoms with Crippen LogP contribution in [0.3, 0.4) is 0 Å². The zero-order valence-electron chi connectivity index (χ0n) is 11.9. The summed E-state index contributed by atoms with van der Waals surface area (Å²) in [5.74, 6) is 0.734. The van der Waals surface area contributed by atoms with Crippen molar-refractivity contribution in [1.82, 2.24) is 10.3 Å². The van der Waals surface area contributed by atoms with Gasteiger partial charge in [-0.1, -0.05) is 25.3 Å². The minimum absolute atomic E-state index is 0.278. The molecule has 2 N–H and O–H groups in total. The Hall–Kier alpha value is -0.930. The largest absolute Gasteiger partial charge is 0.396 e. The zero-order valence-corrected chi connectivity index (χ0v) is 11.9. The van der Waals surface area contributed by atoms with E-state index in [9.17, 15) is 5.11 Å². The number of aliphatic hydroxyl groups excluding tert-OH is 1. The van der Waals surface area contributed by atoms with Crippen molar-refractivity contribution in [3.63, 3.8) is 0 Å². The number of nitrogens with zero attached hydrogens (tertiary/aromatic N) is 1. The van der Waals surface area contributed by atoms with Crippen LogP contribution >= 0.6 is 0 Å². The van der Waals surface area contributed by atoms with Crippen molar-refractivity contribution in [2.75, 3.05) is 6.61 Å². The molecule has 0 aliphatic heterocycles. The predicted molar refractivity (Wildman–Crippen MR) is 77.9 cm³/mol. The van der Waals surface area contributed by atoms with Gasteiger partial charge < -0.3 is 10.4 Å². The topological polar surface area (TPSA) is 45.2 Å². The van der Waals surface area contributed by atoms with Crippen molar-refractivity contribution >= 4 is 0 Å². The maximum absolute atomic E-state index is 9.27. The summed E-state index contributed by atoms with van der Waals surface area (Å²) < 4.78 is 0. The van der Waals surface area contributed by atoms with Crippen LogP contribution in [0.15, 0.2) is 18.3 Å². The van der Waals surface area contributed by atoms with Gasteiger partial charge in [-0.25, -0.2) is 0 Å².